The molecule has 2 N–H and O–H groups in total. The van der Waals surface area contributed by atoms with E-state index in [-0.39, 0.29) is 11.3 Å². The van der Waals surface area contributed by atoms with E-state index in [1.165, 1.54) is 23.6 Å². The number of carbonyl (C=O) groups is 1. The number of ether oxygens (including phenoxy) is 1. The predicted molar refractivity (Wildman–Crippen MR) is 133 cm³/mol. The van der Waals surface area contributed by atoms with Gasteiger partial charge in [0.25, 0.3) is 10.0 Å². The molecule has 2 aromatic carbocycles. The van der Waals surface area contributed by atoms with E-state index in [0.29, 0.717) is 30.8 Å². The van der Waals surface area contributed by atoms with Gasteiger partial charge in [0.05, 0.1) is 17.7 Å². The first-order valence-electron chi connectivity index (χ1n) is 11.9. The summed E-state index contributed by atoms with van der Waals surface area (Å²) in [6, 6.07) is 14.2. The van der Waals surface area contributed by atoms with Crippen LogP contribution in [0.2, 0.25) is 0 Å². The van der Waals surface area contributed by atoms with E-state index >= 15 is 0 Å². The summed E-state index contributed by atoms with van der Waals surface area (Å²) in [6.07, 6.45) is 6.72. The van der Waals surface area contributed by atoms with Gasteiger partial charge in [-0.05, 0) is 80.6 Å². The Morgan fingerprint density at radius 3 is 2.24 bits per heavy atom. The zero-order valence-electron chi connectivity index (χ0n) is 19.8. The number of anilines is 2. The Hall–Kier alpha value is -2.78. The molecule has 1 aliphatic heterocycles. The van der Waals surface area contributed by atoms with Crippen LogP contribution < -0.4 is 19.4 Å². The van der Waals surface area contributed by atoms with Crippen molar-refractivity contribution in [3.8, 4) is 5.75 Å². The molecule has 0 aliphatic carbocycles. The van der Waals surface area contributed by atoms with Gasteiger partial charge in [-0.25, -0.2) is 13.9 Å². The molecule has 8 nitrogen and oxygen atoms in total. The largest absolute Gasteiger partial charge is 0.497 e. The van der Waals surface area contributed by atoms with Gasteiger partial charge in [-0.15, -0.1) is 0 Å². The van der Waals surface area contributed by atoms with Gasteiger partial charge in [-0.3, -0.25) is 14.3 Å². The molecule has 0 spiro atoms. The van der Waals surface area contributed by atoms with E-state index in [9.17, 15) is 13.2 Å². The fourth-order valence-corrected chi connectivity index (χ4v) is 5.70. The molecule has 0 bridgehead atoms. The second-order valence-corrected chi connectivity index (χ2v) is 10.4. The van der Waals surface area contributed by atoms with E-state index in [0.717, 1.165) is 31.6 Å². The highest BCUT2D eigenvalue weighted by Crippen LogP contribution is 2.29. The minimum atomic E-state index is -3.76. The van der Waals surface area contributed by atoms with Crippen molar-refractivity contribution in [2.45, 2.75) is 56.3 Å². The van der Waals surface area contributed by atoms with Crippen molar-refractivity contribution in [1.29, 1.82) is 0 Å². The lowest BCUT2D eigenvalue weighted by molar-refractivity contribution is -0.129. The van der Waals surface area contributed by atoms with Crippen molar-refractivity contribution in [1.82, 2.24) is 5.48 Å². The van der Waals surface area contributed by atoms with Crippen molar-refractivity contribution in [2.24, 2.45) is 0 Å². The van der Waals surface area contributed by atoms with Crippen LogP contribution in [-0.4, -0.2) is 46.3 Å². The van der Waals surface area contributed by atoms with Gasteiger partial charge in [0, 0.05) is 31.7 Å². The van der Waals surface area contributed by atoms with Crippen LogP contribution in [0, 0.1) is 0 Å². The van der Waals surface area contributed by atoms with Crippen molar-refractivity contribution < 1.29 is 23.2 Å². The van der Waals surface area contributed by atoms with Crippen molar-refractivity contribution in [3.05, 3.63) is 48.5 Å². The lowest BCUT2D eigenvalue weighted by Gasteiger charge is -2.30. The van der Waals surface area contributed by atoms with Gasteiger partial charge in [0.1, 0.15) is 5.75 Å². The van der Waals surface area contributed by atoms with Crippen LogP contribution in [0.3, 0.4) is 0 Å². The second-order valence-electron chi connectivity index (χ2n) is 8.52. The molecule has 2 aromatic rings. The normalized spacial score (nSPS) is 14.0. The Kier molecular flexibility index (Phi) is 9.59. The molecule has 186 valence electrons. The monoisotopic (exact) mass is 489 g/mol. The highest BCUT2D eigenvalue weighted by atomic mass is 32.2. The van der Waals surface area contributed by atoms with Crippen LogP contribution in [-0.2, 0) is 14.8 Å². The number of carbonyl (C=O) groups excluding carboxylic acids is 1. The minimum absolute atomic E-state index is 0.216. The number of amides is 1. The maximum atomic E-state index is 13.6. The van der Waals surface area contributed by atoms with Gasteiger partial charge < -0.3 is 9.64 Å². The number of hydrogen-bond donors (Lipinski definition) is 2. The average molecular weight is 490 g/mol. The van der Waals surface area contributed by atoms with Crippen molar-refractivity contribution in [2.75, 3.05) is 35.9 Å². The summed E-state index contributed by atoms with van der Waals surface area (Å²) in [7, 11) is -2.21. The van der Waals surface area contributed by atoms with Gasteiger partial charge >= 0.3 is 0 Å². The van der Waals surface area contributed by atoms with E-state index in [2.05, 4.69) is 4.90 Å². The minimum Gasteiger partial charge on any atom is -0.497 e. The number of methoxy groups -OCH3 is 1. The molecule has 1 amide bonds. The Morgan fingerprint density at radius 1 is 0.971 bits per heavy atom. The van der Waals surface area contributed by atoms with Gasteiger partial charge in [0.15, 0.2) is 0 Å². The summed E-state index contributed by atoms with van der Waals surface area (Å²) < 4.78 is 33.8. The third-order valence-corrected chi connectivity index (χ3v) is 7.99. The molecule has 0 unspecified atom stereocenters. The first kappa shape index (κ1) is 25.8. The molecule has 1 aliphatic rings. The predicted octanol–water partition coefficient (Wildman–Crippen LogP) is 4.34. The standard InChI is InChI=1S/C25H35N3O5S/c1-33-23-14-16-24(17-15-23)34(31,32)28(20-8-3-2-5-9-25(29)26-30)22-12-10-21(11-13-22)27-18-6-4-7-19-27/h10-17,30H,2-9,18-20H2,1H3,(H,26,29). The summed E-state index contributed by atoms with van der Waals surface area (Å²) >= 11 is 0. The summed E-state index contributed by atoms with van der Waals surface area (Å²) in [4.78, 5) is 13.7. The molecule has 0 saturated carbocycles. The molecule has 1 fully saturated rings. The zero-order valence-corrected chi connectivity index (χ0v) is 20.6. The van der Waals surface area contributed by atoms with Crippen LogP contribution in [0.25, 0.3) is 0 Å². The first-order chi connectivity index (χ1) is 16.5. The molecule has 1 heterocycles. The lowest BCUT2D eigenvalue weighted by Crippen LogP contribution is -2.32. The second kappa shape index (κ2) is 12.6. The number of hydroxylamine groups is 1. The third-order valence-electron chi connectivity index (χ3n) is 6.15. The quantitative estimate of drug-likeness (QED) is 0.261. The van der Waals surface area contributed by atoms with E-state index in [4.69, 9.17) is 9.94 Å². The van der Waals surface area contributed by atoms with Crippen LogP contribution >= 0.6 is 0 Å². The molecular formula is C25H35N3O5S. The number of unbranched alkanes of at least 4 members (excludes halogenated alkanes) is 3. The highest BCUT2D eigenvalue weighted by molar-refractivity contribution is 7.92. The van der Waals surface area contributed by atoms with Crippen LogP contribution in [0.4, 0.5) is 11.4 Å². The number of piperidine rings is 1. The van der Waals surface area contributed by atoms with E-state index < -0.39 is 15.9 Å². The summed E-state index contributed by atoms with van der Waals surface area (Å²) in [6.45, 7) is 2.40. The number of nitrogens with one attached hydrogen (secondary N) is 1. The first-order valence-corrected chi connectivity index (χ1v) is 13.3. The maximum Gasteiger partial charge on any atom is 0.264 e. The summed E-state index contributed by atoms with van der Waals surface area (Å²) in [5.74, 6) is 0.195. The number of rotatable bonds is 12. The molecule has 0 radical (unpaired) electrons. The smallest absolute Gasteiger partial charge is 0.264 e. The average Bonchev–Trinajstić information content (AvgIpc) is 2.88. The Morgan fingerprint density at radius 2 is 1.62 bits per heavy atom. The molecule has 9 heteroatoms. The molecule has 34 heavy (non-hydrogen) atoms. The van der Waals surface area contributed by atoms with Crippen LogP contribution in [0.15, 0.2) is 53.4 Å². The van der Waals surface area contributed by atoms with Gasteiger partial charge in [0.2, 0.25) is 5.91 Å². The van der Waals surface area contributed by atoms with Crippen molar-refractivity contribution >= 4 is 27.3 Å². The molecular weight excluding hydrogens is 454 g/mol. The number of nitrogens with zero attached hydrogens (tertiary/aromatic N) is 2. The van der Waals surface area contributed by atoms with E-state index in [1.54, 1.807) is 36.9 Å². The highest BCUT2D eigenvalue weighted by Gasteiger charge is 2.25. The van der Waals surface area contributed by atoms with E-state index in [1.807, 2.05) is 24.3 Å². The van der Waals surface area contributed by atoms with Crippen molar-refractivity contribution in [3.63, 3.8) is 0 Å². The number of hydrogen-bond acceptors (Lipinski definition) is 6. The Labute approximate surface area is 202 Å². The molecule has 0 aromatic heterocycles. The SMILES string of the molecule is COc1ccc(S(=O)(=O)N(CCCCCCC(=O)NO)c2ccc(N3CCCCC3)cc2)cc1. The summed E-state index contributed by atoms with van der Waals surface area (Å²) in [5, 5.41) is 8.59. The zero-order chi connectivity index (χ0) is 24.4. The fraction of sp³-hybridized carbons (Fsp3) is 0.480. The van der Waals surface area contributed by atoms with Gasteiger partial charge in [-0.2, -0.15) is 0 Å². The Bertz CT molecular complexity index is 1000. The molecule has 0 atom stereocenters. The Balaban J connectivity index is 1.74. The topological polar surface area (TPSA) is 99.2 Å². The molecule has 3 rings (SSSR count). The third kappa shape index (κ3) is 6.87. The van der Waals surface area contributed by atoms with Crippen LogP contribution in [0.1, 0.15) is 51.4 Å². The number of sulfonamides is 1. The fourth-order valence-electron chi connectivity index (χ4n) is 4.20. The molecule has 1 saturated heterocycles. The lowest BCUT2D eigenvalue weighted by atomic mass is 10.1. The van der Waals surface area contributed by atoms with Crippen LogP contribution in [0.5, 0.6) is 5.75 Å². The summed E-state index contributed by atoms with van der Waals surface area (Å²) in [5.41, 5.74) is 3.38. The number of benzene rings is 2. The maximum absolute atomic E-state index is 13.6. The van der Waals surface area contributed by atoms with Gasteiger partial charge in [-0.1, -0.05) is 12.8 Å².